The fourth-order valence-electron chi connectivity index (χ4n) is 2.25. The molecule has 1 atom stereocenters. The van der Waals surface area contributed by atoms with Gasteiger partial charge in [-0.15, -0.1) is 0 Å². The quantitative estimate of drug-likeness (QED) is 0.635. The first-order chi connectivity index (χ1) is 9.71. The Morgan fingerprint density at radius 3 is 2.95 bits per heavy atom. The standard InChI is InChI=1S/C14H19ClN4O/c1-3-7-19-8-6-17-14(19)13(18-16)11-9-10(15)4-5-12(11)20-2/h4-6,8-9,13,18H,3,7,16H2,1-2H3. The number of benzene rings is 1. The molecule has 1 unspecified atom stereocenters. The predicted molar refractivity (Wildman–Crippen MR) is 79.7 cm³/mol. The maximum Gasteiger partial charge on any atom is 0.131 e. The third-order valence-electron chi connectivity index (χ3n) is 3.14. The Morgan fingerprint density at radius 2 is 2.30 bits per heavy atom. The molecule has 1 aromatic carbocycles. The van der Waals surface area contributed by atoms with Crippen LogP contribution in [0.5, 0.6) is 5.75 Å². The van der Waals surface area contributed by atoms with Crippen molar-refractivity contribution >= 4 is 11.6 Å². The average Bonchev–Trinajstić information content (AvgIpc) is 2.89. The van der Waals surface area contributed by atoms with Crippen LogP contribution >= 0.6 is 11.6 Å². The van der Waals surface area contributed by atoms with Gasteiger partial charge >= 0.3 is 0 Å². The number of halogens is 1. The van der Waals surface area contributed by atoms with E-state index in [9.17, 15) is 0 Å². The highest BCUT2D eigenvalue weighted by molar-refractivity contribution is 6.30. The molecule has 0 saturated carbocycles. The Bertz CT molecular complexity index is 570. The van der Waals surface area contributed by atoms with Gasteiger partial charge in [0.1, 0.15) is 17.6 Å². The van der Waals surface area contributed by atoms with Crippen LogP contribution in [0.4, 0.5) is 0 Å². The van der Waals surface area contributed by atoms with Crippen molar-refractivity contribution in [2.24, 2.45) is 5.84 Å². The molecule has 0 amide bonds. The van der Waals surface area contributed by atoms with E-state index in [4.69, 9.17) is 22.2 Å². The third kappa shape index (κ3) is 2.95. The van der Waals surface area contributed by atoms with E-state index in [-0.39, 0.29) is 6.04 Å². The summed E-state index contributed by atoms with van der Waals surface area (Å²) < 4.78 is 7.46. The monoisotopic (exact) mass is 294 g/mol. The van der Waals surface area contributed by atoms with Gasteiger partial charge in [-0.3, -0.25) is 5.84 Å². The van der Waals surface area contributed by atoms with Crippen molar-refractivity contribution in [3.05, 3.63) is 47.0 Å². The minimum absolute atomic E-state index is 0.273. The lowest BCUT2D eigenvalue weighted by atomic mass is 10.1. The molecule has 0 aliphatic rings. The van der Waals surface area contributed by atoms with E-state index in [2.05, 4.69) is 21.9 Å². The lowest BCUT2D eigenvalue weighted by molar-refractivity contribution is 0.401. The predicted octanol–water partition coefficient (Wildman–Crippen LogP) is 2.51. The van der Waals surface area contributed by atoms with Crippen molar-refractivity contribution in [3.63, 3.8) is 0 Å². The molecule has 2 rings (SSSR count). The number of methoxy groups -OCH3 is 1. The van der Waals surface area contributed by atoms with E-state index in [0.717, 1.165) is 30.1 Å². The maximum atomic E-state index is 6.09. The topological polar surface area (TPSA) is 65.1 Å². The van der Waals surface area contributed by atoms with Gasteiger partial charge in [0.05, 0.1) is 7.11 Å². The molecule has 0 radical (unpaired) electrons. The molecule has 2 aromatic rings. The average molecular weight is 295 g/mol. The lowest BCUT2D eigenvalue weighted by Gasteiger charge is -2.20. The van der Waals surface area contributed by atoms with E-state index in [1.54, 1.807) is 19.4 Å². The first-order valence-electron chi connectivity index (χ1n) is 6.51. The number of rotatable bonds is 6. The smallest absolute Gasteiger partial charge is 0.131 e. The highest BCUT2D eigenvalue weighted by Crippen LogP contribution is 2.31. The summed E-state index contributed by atoms with van der Waals surface area (Å²) in [5, 5.41) is 0.634. The fourth-order valence-corrected chi connectivity index (χ4v) is 2.43. The van der Waals surface area contributed by atoms with Gasteiger partial charge in [-0.05, 0) is 24.6 Å². The Hall–Kier alpha value is -1.56. The second-order valence-electron chi connectivity index (χ2n) is 4.46. The summed E-state index contributed by atoms with van der Waals surface area (Å²) in [5.41, 5.74) is 3.67. The van der Waals surface area contributed by atoms with Crippen LogP contribution in [0.1, 0.15) is 30.8 Å². The largest absolute Gasteiger partial charge is 0.496 e. The lowest BCUT2D eigenvalue weighted by Crippen LogP contribution is -2.31. The summed E-state index contributed by atoms with van der Waals surface area (Å²) in [7, 11) is 1.62. The molecule has 6 heteroatoms. The SMILES string of the molecule is CCCn1ccnc1C(NN)c1cc(Cl)ccc1OC. The van der Waals surface area contributed by atoms with E-state index >= 15 is 0 Å². The first-order valence-corrected chi connectivity index (χ1v) is 6.89. The number of aryl methyl sites for hydroxylation is 1. The van der Waals surface area contributed by atoms with Crippen molar-refractivity contribution in [2.75, 3.05) is 7.11 Å². The van der Waals surface area contributed by atoms with Crippen molar-refractivity contribution in [3.8, 4) is 5.75 Å². The summed E-state index contributed by atoms with van der Waals surface area (Å²) in [4.78, 5) is 4.41. The molecule has 0 fully saturated rings. The molecule has 1 heterocycles. The fraction of sp³-hybridized carbons (Fsp3) is 0.357. The Labute approximate surface area is 123 Å². The summed E-state index contributed by atoms with van der Waals surface area (Å²) in [6, 6.07) is 5.19. The zero-order valence-corrected chi connectivity index (χ0v) is 12.4. The van der Waals surface area contributed by atoms with Crippen LogP contribution in [-0.2, 0) is 6.54 Å². The molecule has 5 nitrogen and oxygen atoms in total. The normalized spacial score (nSPS) is 12.4. The van der Waals surface area contributed by atoms with Gasteiger partial charge < -0.3 is 9.30 Å². The molecule has 0 spiro atoms. The molecular formula is C14H19ClN4O. The minimum atomic E-state index is -0.273. The Balaban J connectivity index is 2.46. The van der Waals surface area contributed by atoms with Crippen molar-refractivity contribution < 1.29 is 4.74 Å². The number of imidazole rings is 1. The van der Waals surface area contributed by atoms with Gasteiger partial charge in [0.25, 0.3) is 0 Å². The Kier molecular flexibility index (Phi) is 5.00. The zero-order chi connectivity index (χ0) is 14.5. The minimum Gasteiger partial charge on any atom is -0.496 e. The van der Waals surface area contributed by atoms with Crippen molar-refractivity contribution in [2.45, 2.75) is 25.9 Å². The van der Waals surface area contributed by atoms with Crippen LogP contribution < -0.4 is 16.0 Å². The molecule has 0 bridgehead atoms. The van der Waals surface area contributed by atoms with Crippen molar-refractivity contribution in [1.29, 1.82) is 0 Å². The summed E-state index contributed by atoms with van der Waals surface area (Å²) >= 11 is 6.09. The van der Waals surface area contributed by atoms with E-state index in [0.29, 0.717) is 5.02 Å². The van der Waals surface area contributed by atoms with Gasteiger partial charge in [0.2, 0.25) is 0 Å². The number of nitrogens with zero attached hydrogens (tertiary/aromatic N) is 2. The second kappa shape index (κ2) is 6.74. The number of nitrogens with two attached hydrogens (primary N) is 1. The molecule has 0 aliphatic heterocycles. The van der Waals surface area contributed by atoms with Crippen LogP contribution in [0.3, 0.4) is 0 Å². The molecule has 3 N–H and O–H groups in total. The zero-order valence-electron chi connectivity index (χ0n) is 11.6. The number of ether oxygens (including phenoxy) is 1. The summed E-state index contributed by atoms with van der Waals surface area (Å²) in [6.07, 6.45) is 4.74. The summed E-state index contributed by atoms with van der Waals surface area (Å²) in [6.45, 7) is 3.00. The maximum absolute atomic E-state index is 6.09. The Morgan fingerprint density at radius 1 is 1.50 bits per heavy atom. The van der Waals surface area contributed by atoms with Gasteiger partial charge in [0, 0.05) is 29.5 Å². The van der Waals surface area contributed by atoms with E-state index < -0.39 is 0 Å². The van der Waals surface area contributed by atoms with Crippen LogP contribution in [0.15, 0.2) is 30.6 Å². The highest BCUT2D eigenvalue weighted by Gasteiger charge is 2.21. The van der Waals surface area contributed by atoms with Gasteiger partial charge in [-0.1, -0.05) is 18.5 Å². The number of hydrogen-bond donors (Lipinski definition) is 2. The number of nitrogens with one attached hydrogen (secondary N) is 1. The molecule has 20 heavy (non-hydrogen) atoms. The van der Waals surface area contributed by atoms with Crippen LogP contribution in [0.2, 0.25) is 5.02 Å². The highest BCUT2D eigenvalue weighted by atomic mass is 35.5. The van der Waals surface area contributed by atoms with Crippen LogP contribution in [0, 0.1) is 0 Å². The number of hydrogen-bond acceptors (Lipinski definition) is 4. The first kappa shape index (κ1) is 14.8. The van der Waals surface area contributed by atoms with Crippen molar-refractivity contribution in [1.82, 2.24) is 15.0 Å². The molecule has 0 aliphatic carbocycles. The van der Waals surface area contributed by atoms with E-state index in [1.807, 2.05) is 18.3 Å². The number of aromatic nitrogens is 2. The summed E-state index contributed by atoms with van der Waals surface area (Å²) in [5.74, 6) is 7.30. The van der Waals surface area contributed by atoms with E-state index in [1.165, 1.54) is 0 Å². The second-order valence-corrected chi connectivity index (χ2v) is 4.90. The molecular weight excluding hydrogens is 276 g/mol. The number of hydrazine groups is 1. The van der Waals surface area contributed by atoms with Gasteiger partial charge in [-0.25, -0.2) is 10.4 Å². The molecule has 1 aromatic heterocycles. The van der Waals surface area contributed by atoms with Gasteiger partial charge in [0.15, 0.2) is 0 Å². The molecule has 108 valence electrons. The van der Waals surface area contributed by atoms with Crippen LogP contribution in [0.25, 0.3) is 0 Å². The third-order valence-corrected chi connectivity index (χ3v) is 3.37. The molecule has 0 saturated heterocycles. The van der Waals surface area contributed by atoms with Crippen LogP contribution in [-0.4, -0.2) is 16.7 Å². The van der Waals surface area contributed by atoms with Gasteiger partial charge in [-0.2, -0.15) is 0 Å².